The first-order valence-electron chi connectivity index (χ1n) is 9.26. The molecule has 0 bridgehead atoms. The van der Waals surface area contributed by atoms with Gasteiger partial charge in [0.05, 0.1) is 18.3 Å². The summed E-state index contributed by atoms with van der Waals surface area (Å²) in [5.74, 6) is 0.542. The fourth-order valence-corrected chi connectivity index (χ4v) is 3.73. The second-order valence-corrected chi connectivity index (χ2v) is 7.43. The molecule has 0 radical (unpaired) electrons. The Hall–Kier alpha value is -2.51. The Morgan fingerprint density at radius 1 is 1.27 bits per heavy atom. The molecule has 26 heavy (non-hydrogen) atoms. The minimum absolute atomic E-state index is 0.0362. The summed E-state index contributed by atoms with van der Waals surface area (Å²) in [4.78, 5) is 30.8. The minimum Gasteiger partial charge on any atom is -0.336 e. The number of aromatic nitrogens is 5. The van der Waals surface area contributed by atoms with Gasteiger partial charge in [-0.05, 0) is 45.6 Å². The van der Waals surface area contributed by atoms with Crippen LogP contribution >= 0.6 is 0 Å². The van der Waals surface area contributed by atoms with Crippen LogP contribution in [0.4, 0.5) is 0 Å². The van der Waals surface area contributed by atoms with E-state index in [0.717, 1.165) is 30.8 Å². The first-order valence-corrected chi connectivity index (χ1v) is 9.26. The molecule has 1 saturated carbocycles. The largest absolute Gasteiger partial charge is 0.348 e. The highest BCUT2D eigenvalue weighted by molar-refractivity contribution is 5.76. The van der Waals surface area contributed by atoms with Gasteiger partial charge in [0.15, 0.2) is 0 Å². The summed E-state index contributed by atoms with van der Waals surface area (Å²) in [6.45, 7) is 5.04. The van der Waals surface area contributed by atoms with Gasteiger partial charge >= 0.3 is 5.69 Å². The molecule has 1 amide bonds. The highest BCUT2D eigenvalue weighted by Gasteiger charge is 2.31. The first kappa shape index (κ1) is 16.9. The monoisotopic (exact) mass is 356 g/mol. The minimum atomic E-state index is -0.364. The summed E-state index contributed by atoms with van der Waals surface area (Å²) in [5, 5.41) is 8.47. The van der Waals surface area contributed by atoms with Crippen LogP contribution in [-0.2, 0) is 17.9 Å². The lowest BCUT2D eigenvalue weighted by Crippen LogP contribution is -2.42. The predicted molar refractivity (Wildman–Crippen MR) is 94.7 cm³/mol. The van der Waals surface area contributed by atoms with Crippen molar-refractivity contribution in [3.05, 3.63) is 39.8 Å². The van der Waals surface area contributed by atoms with Crippen molar-refractivity contribution in [3.63, 3.8) is 0 Å². The second kappa shape index (κ2) is 6.66. The molecule has 0 aromatic carbocycles. The highest BCUT2D eigenvalue weighted by atomic mass is 16.2. The number of carbonyl (C=O) groups is 1. The maximum Gasteiger partial charge on any atom is 0.348 e. The van der Waals surface area contributed by atoms with Gasteiger partial charge in [-0.15, -0.1) is 5.10 Å². The zero-order chi connectivity index (χ0) is 18.3. The number of hydrogen-bond acceptors (Lipinski definition) is 5. The van der Waals surface area contributed by atoms with Crippen molar-refractivity contribution in [2.24, 2.45) is 0 Å². The van der Waals surface area contributed by atoms with Crippen molar-refractivity contribution in [1.82, 2.24) is 29.4 Å². The number of carbonyl (C=O) groups excluding carboxylic acids is 1. The molecule has 4 rings (SSSR count). The van der Waals surface area contributed by atoms with Gasteiger partial charge in [-0.25, -0.2) is 4.79 Å². The third kappa shape index (κ3) is 3.40. The Morgan fingerprint density at radius 3 is 2.81 bits per heavy atom. The predicted octanol–water partition coefficient (Wildman–Crippen LogP) is 1.02. The summed E-state index contributed by atoms with van der Waals surface area (Å²) in [5.41, 5.74) is 2.13. The fraction of sp³-hybridized carbons (Fsp3) is 0.611. The third-order valence-electron chi connectivity index (χ3n) is 5.29. The zero-order valence-electron chi connectivity index (χ0n) is 15.3. The van der Waals surface area contributed by atoms with Crippen molar-refractivity contribution in [1.29, 1.82) is 0 Å². The number of hydrogen-bond donors (Lipinski definition) is 0. The summed E-state index contributed by atoms with van der Waals surface area (Å²) in [6, 6.07) is 1.93. The van der Waals surface area contributed by atoms with E-state index in [1.165, 1.54) is 17.4 Å². The van der Waals surface area contributed by atoms with E-state index in [4.69, 9.17) is 0 Å². The van der Waals surface area contributed by atoms with Gasteiger partial charge in [-0.3, -0.25) is 14.0 Å². The number of aryl methyl sites for hydroxylation is 2. The van der Waals surface area contributed by atoms with E-state index in [-0.39, 0.29) is 24.2 Å². The lowest BCUT2D eigenvalue weighted by atomic mass is 10.2. The summed E-state index contributed by atoms with van der Waals surface area (Å²) < 4.78 is 3.31. The molecule has 2 aliphatic rings. The van der Waals surface area contributed by atoms with Crippen molar-refractivity contribution >= 4 is 5.91 Å². The van der Waals surface area contributed by atoms with Gasteiger partial charge in [0.2, 0.25) is 5.91 Å². The molecule has 1 aliphatic heterocycles. The highest BCUT2D eigenvalue weighted by Crippen LogP contribution is 2.38. The van der Waals surface area contributed by atoms with Crippen LogP contribution in [0, 0.1) is 13.8 Å². The number of rotatable bonds is 5. The quantitative estimate of drug-likeness (QED) is 0.798. The van der Waals surface area contributed by atoms with Crippen LogP contribution in [0.25, 0.3) is 0 Å². The van der Waals surface area contributed by atoms with Crippen LogP contribution in [-0.4, -0.2) is 47.9 Å². The van der Waals surface area contributed by atoms with Gasteiger partial charge in [0.25, 0.3) is 0 Å². The normalized spacial score (nSPS) is 19.9. The average molecular weight is 356 g/mol. The Morgan fingerprint density at radius 2 is 2.08 bits per heavy atom. The van der Waals surface area contributed by atoms with Gasteiger partial charge in [0, 0.05) is 30.0 Å². The first-order chi connectivity index (χ1) is 12.5. The molecule has 0 unspecified atom stereocenters. The molecule has 1 atom stereocenters. The van der Waals surface area contributed by atoms with E-state index in [1.54, 1.807) is 6.92 Å². The van der Waals surface area contributed by atoms with Gasteiger partial charge < -0.3 is 4.90 Å². The van der Waals surface area contributed by atoms with E-state index >= 15 is 0 Å². The van der Waals surface area contributed by atoms with E-state index in [2.05, 4.69) is 15.3 Å². The van der Waals surface area contributed by atoms with Crippen molar-refractivity contribution < 1.29 is 4.79 Å². The third-order valence-corrected chi connectivity index (χ3v) is 5.29. The second-order valence-electron chi connectivity index (χ2n) is 7.43. The van der Waals surface area contributed by atoms with E-state index < -0.39 is 0 Å². The van der Waals surface area contributed by atoms with E-state index in [0.29, 0.717) is 18.2 Å². The molecule has 2 aromatic heterocycles. The number of amides is 1. The van der Waals surface area contributed by atoms with Crippen molar-refractivity contribution in [2.45, 2.75) is 64.6 Å². The Bertz CT molecular complexity index is 882. The molecular weight excluding hydrogens is 332 g/mol. The van der Waals surface area contributed by atoms with E-state index in [1.807, 2.05) is 28.8 Å². The van der Waals surface area contributed by atoms with E-state index in [9.17, 15) is 9.59 Å². The molecule has 8 nitrogen and oxygen atoms in total. The summed E-state index contributed by atoms with van der Waals surface area (Å²) in [7, 11) is 0. The summed E-state index contributed by atoms with van der Waals surface area (Å²) >= 11 is 0. The molecular formula is C18H24N6O2. The maximum atomic E-state index is 12.8. The molecule has 1 saturated heterocycles. The molecule has 0 spiro atoms. The van der Waals surface area contributed by atoms with Crippen LogP contribution in [0.15, 0.2) is 17.1 Å². The zero-order valence-corrected chi connectivity index (χ0v) is 15.3. The topological polar surface area (TPSA) is 85.9 Å². The van der Waals surface area contributed by atoms with Crippen molar-refractivity contribution in [3.8, 4) is 0 Å². The lowest BCUT2D eigenvalue weighted by Gasteiger charge is -2.25. The van der Waals surface area contributed by atoms with Crippen molar-refractivity contribution in [2.75, 3.05) is 6.54 Å². The van der Waals surface area contributed by atoms with Gasteiger partial charge in [-0.1, -0.05) is 5.21 Å². The Kier molecular flexibility index (Phi) is 4.34. The number of nitrogens with zero attached hydrogens (tertiary/aromatic N) is 6. The molecule has 1 aliphatic carbocycles. The summed E-state index contributed by atoms with van der Waals surface area (Å²) in [6.07, 6.45) is 6.33. The van der Waals surface area contributed by atoms with Crippen LogP contribution in [0.3, 0.4) is 0 Å². The Balaban J connectivity index is 1.45. The molecule has 0 N–H and O–H groups in total. The van der Waals surface area contributed by atoms with Crippen LogP contribution in [0.2, 0.25) is 0 Å². The lowest BCUT2D eigenvalue weighted by molar-refractivity contribution is -0.133. The molecule has 3 heterocycles. The van der Waals surface area contributed by atoms with Crippen LogP contribution in [0.1, 0.15) is 48.7 Å². The maximum absolute atomic E-state index is 12.8. The molecule has 8 heteroatoms. The average Bonchev–Trinajstić information content (AvgIpc) is 3.15. The SMILES string of the molecule is Cc1cc(C)n(CC(=O)N2CCC[C@H]2Cn2cc(C3CC3)nn2)c(=O)n1. The molecule has 2 aromatic rings. The van der Waals surface area contributed by atoms with Crippen LogP contribution < -0.4 is 5.69 Å². The Labute approximate surface area is 151 Å². The molecule has 138 valence electrons. The fourth-order valence-electron chi connectivity index (χ4n) is 3.73. The molecule has 2 fully saturated rings. The van der Waals surface area contributed by atoms with Crippen LogP contribution in [0.5, 0.6) is 0 Å². The smallest absolute Gasteiger partial charge is 0.336 e. The number of likely N-dealkylation sites (tertiary alicyclic amines) is 1. The van der Waals surface area contributed by atoms with Gasteiger partial charge in [0.1, 0.15) is 6.54 Å². The van der Waals surface area contributed by atoms with Gasteiger partial charge in [-0.2, -0.15) is 4.98 Å². The standard InChI is InChI=1S/C18H24N6O2/c1-12-8-13(2)24(18(26)19-12)11-17(25)23-7-3-4-15(23)9-22-10-16(20-21-22)14-5-6-14/h8,10,14-15H,3-7,9,11H2,1-2H3/t15-/m0/s1.